The van der Waals surface area contributed by atoms with Gasteiger partial charge in [0.05, 0.1) is 12.2 Å². The number of allylic oxidation sites excluding steroid dienone is 3. The number of aryl methyl sites for hydroxylation is 1. The zero-order valence-electron chi connectivity index (χ0n) is 36.9. The van der Waals surface area contributed by atoms with Crippen molar-refractivity contribution in [1.82, 2.24) is 0 Å². The summed E-state index contributed by atoms with van der Waals surface area (Å²) in [5.41, 5.74) is 7.02. The maximum absolute atomic E-state index is 15.0. The lowest BCUT2D eigenvalue weighted by atomic mass is 9.72. The van der Waals surface area contributed by atoms with Crippen molar-refractivity contribution in [3.8, 4) is 5.75 Å². The maximum Gasteiger partial charge on any atom is 0.339 e. The quantitative estimate of drug-likeness (QED) is 0.0691. The van der Waals surface area contributed by atoms with Gasteiger partial charge >= 0.3 is 17.6 Å². The average molecular weight is 847 g/mol. The molecule has 8 nitrogen and oxygen atoms in total. The lowest BCUT2D eigenvalue weighted by molar-refractivity contribution is -0.199. The molecular weight excluding hydrogens is 789 g/mol. The molecule has 0 amide bonds. The molecule has 0 spiro atoms. The molecule has 326 valence electrons. The van der Waals surface area contributed by atoms with Crippen LogP contribution >= 0.6 is 0 Å². The molecule has 1 aromatic heterocycles. The van der Waals surface area contributed by atoms with Gasteiger partial charge in [-0.15, -0.1) is 0 Å². The van der Waals surface area contributed by atoms with Gasteiger partial charge in [0.1, 0.15) is 16.9 Å². The number of hydrogen-bond acceptors (Lipinski definition) is 8. The fourth-order valence-electron chi connectivity index (χ4n) is 10.7. The Kier molecular flexibility index (Phi) is 12.3. The molecule has 4 aromatic carbocycles. The molecule has 4 heterocycles. The summed E-state index contributed by atoms with van der Waals surface area (Å²) in [6, 6.07) is 33.5. The number of esters is 2. The summed E-state index contributed by atoms with van der Waals surface area (Å²) >= 11 is 0. The van der Waals surface area contributed by atoms with Gasteiger partial charge in [0.15, 0.2) is 12.2 Å². The lowest BCUT2D eigenvalue weighted by Crippen LogP contribution is -2.58. The number of fused-ring (bicyclic) bond motifs is 11. The molecule has 6 atom stereocenters. The summed E-state index contributed by atoms with van der Waals surface area (Å²) in [5.74, 6) is -0.423. The van der Waals surface area contributed by atoms with Crippen LogP contribution in [0.4, 0.5) is 0 Å². The van der Waals surface area contributed by atoms with Gasteiger partial charge < -0.3 is 23.4 Å². The highest BCUT2D eigenvalue weighted by molar-refractivity contribution is 5.90. The second-order valence-electron chi connectivity index (χ2n) is 18.5. The van der Waals surface area contributed by atoms with Crippen LogP contribution in [0, 0.1) is 11.8 Å². The molecule has 5 aliphatic rings. The monoisotopic (exact) mass is 846 g/mol. The van der Waals surface area contributed by atoms with Crippen molar-refractivity contribution in [1.29, 1.82) is 0 Å². The second-order valence-corrected chi connectivity index (χ2v) is 18.5. The second kappa shape index (κ2) is 18.2. The summed E-state index contributed by atoms with van der Waals surface area (Å²) in [4.78, 5) is 43.2. The number of rotatable bonds is 7. The van der Waals surface area contributed by atoms with E-state index in [1.807, 2.05) is 45.0 Å². The molecule has 3 aliphatic heterocycles. The van der Waals surface area contributed by atoms with Crippen LogP contribution in [0.3, 0.4) is 0 Å². The van der Waals surface area contributed by atoms with Crippen LogP contribution in [-0.2, 0) is 43.1 Å². The minimum absolute atomic E-state index is 0.0220. The summed E-state index contributed by atoms with van der Waals surface area (Å²) in [6.07, 6.45) is 9.46. The third-order valence-corrected chi connectivity index (χ3v) is 14.2. The largest absolute Gasteiger partial charge is 0.483 e. The molecule has 10 rings (SSSR count). The van der Waals surface area contributed by atoms with Gasteiger partial charge in [0.2, 0.25) is 0 Å². The summed E-state index contributed by atoms with van der Waals surface area (Å²) < 4.78 is 32.0. The van der Waals surface area contributed by atoms with Crippen LogP contribution in [0.1, 0.15) is 123 Å². The van der Waals surface area contributed by atoms with E-state index < -0.39 is 35.4 Å². The van der Waals surface area contributed by atoms with E-state index in [-0.39, 0.29) is 35.7 Å². The highest BCUT2D eigenvalue weighted by atomic mass is 16.6. The van der Waals surface area contributed by atoms with Crippen LogP contribution in [-0.4, -0.2) is 37.4 Å². The first kappa shape index (κ1) is 42.6. The summed E-state index contributed by atoms with van der Waals surface area (Å²) in [5, 5.41) is 0.656. The molecule has 0 N–H and O–H groups in total. The van der Waals surface area contributed by atoms with Crippen LogP contribution < -0.4 is 10.4 Å². The topological polar surface area (TPSA) is 101 Å². The van der Waals surface area contributed by atoms with Crippen molar-refractivity contribution in [3.05, 3.63) is 170 Å². The highest BCUT2D eigenvalue weighted by Gasteiger charge is 2.57. The third-order valence-electron chi connectivity index (χ3n) is 14.2. The van der Waals surface area contributed by atoms with E-state index in [1.54, 1.807) is 7.11 Å². The molecular formula is C55H58O8. The molecule has 1 saturated carbocycles. The molecule has 63 heavy (non-hydrogen) atoms. The number of benzene rings is 4. The van der Waals surface area contributed by atoms with Gasteiger partial charge in [0.25, 0.3) is 0 Å². The lowest BCUT2D eigenvalue weighted by Gasteiger charge is -2.48. The van der Waals surface area contributed by atoms with E-state index in [0.29, 0.717) is 53.7 Å². The van der Waals surface area contributed by atoms with Crippen LogP contribution in [0.2, 0.25) is 0 Å². The molecule has 1 fully saturated rings. The zero-order chi connectivity index (χ0) is 43.7. The third kappa shape index (κ3) is 8.80. The van der Waals surface area contributed by atoms with Gasteiger partial charge in [-0.2, -0.15) is 0 Å². The van der Waals surface area contributed by atoms with Crippen LogP contribution in [0.15, 0.2) is 130 Å². The smallest absolute Gasteiger partial charge is 0.339 e. The van der Waals surface area contributed by atoms with Crippen molar-refractivity contribution in [2.45, 2.75) is 115 Å². The van der Waals surface area contributed by atoms with E-state index in [9.17, 15) is 14.4 Å². The molecule has 8 heteroatoms. The first-order valence-corrected chi connectivity index (χ1v) is 22.8. The van der Waals surface area contributed by atoms with Gasteiger partial charge in [0, 0.05) is 54.2 Å². The van der Waals surface area contributed by atoms with Crippen molar-refractivity contribution in [2.75, 3.05) is 13.7 Å². The average Bonchev–Trinajstić information content (AvgIpc) is 3.84. The van der Waals surface area contributed by atoms with Crippen molar-refractivity contribution >= 4 is 22.9 Å². The van der Waals surface area contributed by atoms with Crippen LogP contribution in [0.25, 0.3) is 11.0 Å². The maximum atomic E-state index is 15.0. The van der Waals surface area contributed by atoms with E-state index in [1.165, 1.54) is 16.7 Å². The first-order valence-electron chi connectivity index (χ1n) is 22.8. The molecule has 2 aliphatic carbocycles. The van der Waals surface area contributed by atoms with Crippen LogP contribution in [0.5, 0.6) is 5.75 Å². The fraction of sp³-hybridized carbons (Fsp3) is 0.400. The Morgan fingerprint density at radius 2 is 1.59 bits per heavy atom. The molecule has 0 radical (unpaired) electrons. The Morgan fingerprint density at radius 3 is 2.35 bits per heavy atom. The van der Waals surface area contributed by atoms with E-state index in [4.69, 9.17) is 23.4 Å². The number of hydrogen-bond donors (Lipinski definition) is 0. The number of methoxy groups -OCH3 is 1. The van der Waals surface area contributed by atoms with Crippen molar-refractivity contribution in [3.63, 3.8) is 0 Å². The van der Waals surface area contributed by atoms with Gasteiger partial charge in [-0.3, -0.25) is 4.79 Å². The molecule has 0 saturated heterocycles. The summed E-state index contributed by atoms with van der Waals surface area (Å²) in [6.45, 7) is 6.23. The van der Waals surface area contributed by atoms with Gasteiger partial charge in [-0.25, -0.2) is 9.59 Å². The Bertz CT molecular complexity index is 2590. The number of ether oxygens (including phenoxy) is 4. The number of carbonyl (C=O) groups excluding carboxylic acids is 2. The Morgan fingerprint density at radius 1 is 0.810 bits per heavy atom. The van der Waals surface area contributed by atoms with E-state index in [0.717, 1.165) is 55.2 Å². The Balaban J connectivity index is 1.14. The summed E-state index contributed by atoms with van der Waals surface area (Å²) in [7, 11) is 1.59. The van der Waals surface area contributed by atoms with Gasteiger partial charge in [-0.1, -0.05) is 109 Å². The molecule has 6 unspecified atom stereocenters. The fourth-order valence-corrected chi connectivity index (χ4v) is 10.7. The van der Waals surface area contributed by atoms with Gasteiger partial charge in [-0.05, 0) is 111 Å². The predicted octanol–water partition coefficient (Wildman–Crippen LogP) is 11.2. The van der Waals surface area contributed by atoms with Crippen molar-refractivity contribution < 1.29 is 33.0 Å². The normalized spacial score (nSPS) is 25.1. The zero-order valence-corrected chi connectivity index (χ0v) is 36.9. The Labute approximate surface area is 370 Å². The SMILES string of the molecule is COCCc1cc2ccc3c(c2oc1=O)C1OC(=O)CC2CC(c4cccc(Cc5ccccc5)c4)C=CC2c2ccc(cc2)CCC(=C(C)C)C(=O)OC1C(C)(C1CCCC1)O3. The minimum Gasteiger partial charge on any atom is -0.483 e. The van der Waals surface area contributed by atoms with Crippen molar-refractivity contribution in [2.24, 2.45) is 11.8 Å². The highest BCUT2D eigenvalue weighted by Crippen LogP contribution is 2.52. The minimum atomic E-state index is -1.11. The molecule has 2 bridgehead atoms. The van der Waals surface area contributed by atoms with E-state index in [2.05, 4.69) is 84.9 Å². The number of carbonyl (C=O) groups is 2. The predicted molar refractivity (Wildman–Crippen MR) is 244 cm³/mol. The van der Waals surface area contributed by atoms with E-state index >= 15 is 0 Å². The first-order chi connectivity index (χ1) is 30.6. The molecule has 5 aromatic rings. The Hall–Kier alpha value is -5.73. The standard InChI is InChI=1S/C55H58O8/c1-34(2)45-24-19-35-17-20-38(21-18-35)46-25-22-40(39-14-10-13-37(30-39)29-36-11-6-5-7-12-36)31-43(46)33-48(56)60-51-49-47(26-23-41-32-42(27-28-59-4)53(57)61-50(41)49)63-55(3,44-15-8-9-16-44)52(51)62-54(45)58/h5-7,10-14,17-18,20-23,25-26,30,32,40,43-44,46,51-52H,8-9,15-16,19,24,27-29,31,33H2,1-4H3.